The van der Waals surface area contributed by atoms with E-state index >= 15 is 0 Å². The third kappa shape index (κ3) is 2.95. The van der Waals surface area contributed by atoms with E-state index in [1.165, 1.54) is 7.11 Å². The van der Waals surface area contributed by atoms with Gasteiger partial charge in [0.05, 0.1) is 12.7 Å². The summed E-state index contributed by atoms with van der Waals surface area (Å²) in [6.07, 6.45) is 0. The number of carbonyl (C=O) groups is 1. The molecular weight excluding hydrogens is 259 g/mol. The highest BCUT2D eigenvalue weighted by atomic mass is 31.1. The highest BCUT2D eigenvalue weighted by Crippen LogP contribution is 2.23. The van der Waals surface area contributed by atoms with Gasteiger partial charge in [0.1, 0.15) is 0 Å². The smallest absolute Gasteiger partial charge is 0.288 e. The predicted molar refractivity (Wildman–Crippen MR) is 75.3 cm³/mol. The molecular formula is C15H14O3P+. The van der Waals surface area contributed by atoms with Crippen molar-refractivity contribution in [3.8, 4) is 0 Å². The summed E-state index contributed by atoms with van der Waals surface area (Å²) in [5, 5.41) is 0.436. The summed E-state index contributed by atoms with van der Waals surface area (Å²) in [4.78, 5) is 12.4. The summed E-state index contributed by atoms with van der Waals surface area (Å²) in [6, 6.07) is 14.1. The molecule has 0 saturated heterocycles. The van der Waals surface area contributed by atoms with Gasteiger partial charge in [-0.2, -0.15) is 0 Å². The average Bonchev–Trinajstić information content (AvgIpc) is 2.46. The van der Waals surface area contributed by atoms with E-state index in [2.05, 4.69) is 0 Å². The molecule has 4 heteroatoms. The predicted octanol–water partition coefficient (Wildman–Crippen LogP) is 3.24. The van der Waals surface area contributed by atoms with E-state index in [1.807, 2.05) is 19.1 Å². The first kappa shape index (κ1) is 13.6. The number of hydrogen-bond acceptors (Lipinski definition) is 3. The lowest BCUT2D eigenvalue weighted by Gasteiger charge is -2.02. The van der Waals surface area contributed by atoms with Gasteiger partial charge >= 0.3 is 8.03 Å². The van der Waals surface area contributed by atoms with Crippen LogP contribution in [0.4, 0.5) is 0 Å². The minimum atomic E-state index is -1.99. The molecule has 3 nitrogen and oxygen atoms in total. The molecule has 0 spiro atoms. The van der Waals surface area contributed by atoms with Crippen molar-refractivity contribution < 1.29 is 13.9 Å². The van der Waals surface area contributed by atoms with Crippen molar-refractivity contribution in [2.45, 2.75) is 6.92 Å². The molecule has 0 radical (unpaired) electrons. The lowest BCUT2D eigenvalue weighted by atomic mass is 10.0. The molecule has 19 heavy (non-hydrogen) atoms. The van der Waals surface area contributed by atoms with Crippen molar-refractivity contribution in [2.75, 3.05) is 7.11 Å². The molecule has 0 amide bonds. The van der Waals surface area contributed by atoms with Crippen molar-refractivity contribution in [2.24, 2.45) is 0 Å². The number of ketones is 1. The Hall–Kier alpha value is -1.83. The Morgan fingerprint density at radius 1 is 1.05 bits per heavy atom. The fourth-order valence-electron chi connectivity index (χ4n) is 1.78. The maximum absolute atomic E-state index is 12.4. The third-order valence-corrected chi connectivity index (χ3v) is 3.94. The molecule has 1 atom stereocenters. The largest absolute Gasteiger partial charge is 0.549 e. The highest BCUT2D eigenvalue weighted by Gasteiger charge is 2.28. The minimum absolute atomic E-state index is 0.143. The van der Waals surface area contributed by atoms with Gasteiger partial charge < -0.3 is 0 Å². The number of rotatable bonds is 4. The van der Waals surface area contributed by atoms with Crippen molar-refractivity contribution in [3.05, 3.63) is 65.2 Å². The van der Waals surface area contributed by atoms with E-state index in [0.717, 1.165) is 5.56 Å². The van der Waals surface area contributed by atoms with Gasteiger partial charge in [0, 0.05) is 5.56 Å². The molecule has 0 aliphatic carbocycles. The first-order valence-electron chi connectivity index (χ1n) is 5.85. The highest BCUT2D eigenvalue weighted by molar-refractivity contribution is 7.48. The van der Waals surface area contributed by atoms with E-state index < -0.39 is 8.03 Å². The summed E-state index contributed by atoms with van der Waals surface area (Å²) in [7, 11) is -0.627. The number of aryl methyl sites for hydroxylation is 1. The Morgan fingerprint density at radius 2 is 1.68 bits per heavy atom. The Morgan fingerprint density at radius 3 is 2.32 bits per heavy atom. The van der Waals surface area contributed by atoms with Crippen LogP contribution < -0.4 is 5.30 Å². The van der Waals surface area contributed by atoms with Crippen LogP contribution in [0.3, 0.4) is 0 Å². The molecule has 0 fully saturated rings. The third-order valence-electron chi connectivity index (χ3n) is 2.82. The summed E-state index contributed by atoms with van der Waals surface area (Å²) in [5.41, 5.74) is 2.10. The molecule has 2 rings (SSSR count). The van der Waals surface area contributed by atoms with Crippen LogP contribution in [-0.2, 0) is 9.09 Å². The Bertz CT molecular complexity index is 618. The van der Waals surface area contributed by atoms with Gasteiger partial charge in [0.15, 0.2) is 5.78 Å². The second kappa shape index (κ2) is 5.87. The van der Waals surface area contributed by atoms with E-state index in [-0.39, 0.29) is 5.78 Å². The summed E-state index contributed by atoms with van der Waals surface area (Å²) >= 11 is 0. The summed E-state index contributed by atoms with van der Waals surface area (Å²) in [6.45, 7) is 1.96. The Kier molecular flexibility index (Phi) is 4.20. The van der Waals surface area contributed by atoms with E-state index in [0.29, 0.717) is 16.4 Å². The SMILES string of the molecule is CO[P+](=O)c1ccccc1C(=O)c1ccc(C)cc1. The molecule has 0 bridgehead atoms. The standard InChI is InChI=1S/C15H14O3P/c1-11-7-9-12(10-8-11)15(16)13-5-3-4-6-14(13)19(17)18-2/h3-10H,1-2H3/q+1. The summed E-state index contributed by atoms with van der Waals surface area (Å²) < 4.78 is 16.6. The zero-order chi connectivity index (χ0) is 13.8. The molecule has 0 aliphatic heterocycles. The van der Waals surface area contributed by atoms with Crippen LogP contribution >= 0.6 is 8.03 Å². The first-order chi connectivity index (χ1) is 9.13. The molecule has 0 saturated carbocycles. The zero-order valence-corrected chi connectivity index (χ0v) is 11.7. The van der Waals surface area contributed by atoms with Crippen molar-refractivity contribution in [1.29, 1.82) is 0 Å². The van der Waals surface area contributed by atoms with Gasteiger partial charge in [-0.25, -0.2) is 0 Å². The van der Waals surface area contributed by atoms with Crippen LogP contribution in [-0.4, -0.2) is 12.9 Å². The van der Waals surface area contributed by atoms with Gasteiger partial charge in [-0.1, -0.05) is 42.0 Å². The first-order valence-corrected chi connectivity index (χ1v) is 7.03. The second-order valence-corrected chi connectivity index (χ2v) is 5.51. The van der Waals surface area contributed by atoms with Crippen molar-refractivity contribution in [3.63, 3.8) is 0 Å². The lowest BCUT2D eigenvalue weighted by Crippen LogP contribution is -2.13. The molecule has 1 unspecified atom stereocenters. The molecule has 0 N–H and O–H groups in total. The Labute approximate surface area is 113 Å². The van der Waals surface area contributed by atoms with Crippen molar-refractivity contribution >= 4 is 19.1 Å². The average molecular weight is 273 g/mol. The van der Waals surface area contributed by atoms with Gasteiger partial charge in [-0.3, -0.25) is 4.79 Å². The Balaban J connectivity index is 2.44. The zero-order valence-electron chi connectivity index (χ0n) is 10.8. The molecule has 0 aromatic heterocycles. The van der Waals surface area contributed by atoms with E-state index in [1.54, 1.807) is 36.4 Å². The van der Waals surface area contributed by atoms with Crippen LogP contribution in [0, 0.1) is 6.92 Å². The summed E-state index contributed by atoms with van der Waals surface area (Å²) in [5.74, 6) is -0.143. The fraction of sp³-hybridized carbons (Fsp3) is 0.133. The van der Waals surface area contributed by atoms with E-state index in [4.69, 9.17) is 4.52 Å². The maximum Gasteiger partial charge on any atom is 0.549 e. The topological polar surface area (TPSA) is 43.4 Å². The fourth-order valence-corrected chi connectivity index (χ4v) is 2.56. The quantitative estimate of drug-likeness (QED) is 0.634. The van der Waals surface area contributed by atoms with Crippen LogP contribution in [0.5, 0.6) is 0 Å². The monoisotopic (exact) mass is 273 g/mol. The van der Waals surface area contributed by atoms with Gasteiger partial charge in [-0.15, -0.1) is 4.52 Å². The molecule has 2 aromatic carbocycles. The molecule has 0 aliphatic rings. The van der Waals surface area contributed by atoms with Gasteiger partial charge in [0.25, 0.3) is 0 Å². The van der Waals surface area contributed by atoms with E-state index in [9.17, 15) is 9.36 Å². The minimum Gasteiger partial charge on any atom is -0.288 e. The maximum atomic E-state index is 12.4. The number of benzene rings is 2. The molecule has 2 aromatic rings. The number of carbonyl (C=O) groups excluding carboxylic acids is 1. The van der Waals surface area contributed by atoms with Crippen LogP contribution in [0.25, 0.3) is 0 Å². The van der Waals surface area contributed by atoms with Crippen molar-refractivity contribution in [1.82, 2.24) is 0 Å². The lowest BCUT2D eigenvalue weighted by molar-refractivity contribution is 0.103. The molecule has 96 valence electrons. The molecule has 0 heterocycles. The van der Waals surface area contributed by atoms with Gasteiger partial charge in [0.2, 0.25) is 5.30 Å². The number of hydrogen-bond donors (Lipinski definition) is 0. The van der Waals surface area contributed by atoms with Crippen LogP contribution in [0.2, 0.25) is 0 Å². The normalized spacial score (nSPS) is 11.2. The van der Waals surface area contributed by atoms with Gasteiger partial charge in [-0.05, 0) is 23.6 Å². The van der Waals surface area contributed by atoms with Crippen LogP contribution in [0.15, 0.2) is 48.5 Å². The van der Waals surface area contributed by atoms with Crippen LogP contribution in [0.1, 0.15) is 21.5 Å². The second-order valence-electron chi connectivity index (χ2n) is 4.15.